The lowest BCUT2D eigenvalue weighted by Crippen LogP contribution is -2.65. The van der Waals surface area contributed by atoms with Crippen LogP contribution in [-0.4, -0.2) is 54.5 Å². The van der Waals surface area contributed by atoms with Gasteiger partial charge in [0.15, 0.2) is 11.4 Å². The Labute approximate surface area is 185 Å². The molecule has 4 atom stereocenters. The van der Waals surface area contributed by atoms with Gasteiger partial charge in [0, 0.05) is 17.1 Å². The van der Waals surface area contributed by atoms with Crippen molar-refractivity contribution in [2.45, 2.75) is 24.5 Å². The Morgan fingerprint density at radius 2 is 1.94 bits per heavy atom. The van der Waals surface area contributed by atoms with E-state index in [0.717, 1.165) is 0 Å². The lowest BCUT2D eigenvalue weighted by molar-refractivity contribution is -0.149. The summed E-state index contributed by atoms with van der Waals surface area (Å²) < 4.78 is 5.35. The van der Waals surface area contributed by atoms with Crippen LogP contribution in [-0.2, 0) is 20.8 Å². The second kappa shape index (κ2) is 6.77. The fourth-order valence-corrected chi connectivity index (χ4v) is 5.27. The minimum atomic E-state index is -2.73. The highest BCUT2D eigenvalue weighted by Gasteiger charge is 2.63. The van der Waals surface area contributed by atoms with E-state index in [1.165, 1.54) is 18.5 Å². The Morgan fingerprint density at radius 1 is 1.21 bits per heavy atom. The van der Waals surface area contributed by atoms with Crippen molar-refractivity contribution in [2.75, 3.05) is 0 Å². The molecule has 0 spiro atoms. The summed E-state index contributed by atoms with van der Waals surface area (Å²) in [5, 5.41) is 43.4. The Bertz CT molecular complexity index is 1310. The fourth-order valence-electron chi connectivity index (χ4n) is 5.27. The summed E-state index contributed by atoms with van der Waals surface area (Å²) >= 11 is 0. The van der Waals surface area contributed by atoms with E-state index in [1.807, 2.05) is 0 Å². The summed E-state index contributed by atoms with van der Waals surface area (Å²) in [4.78, 5) is 41.9. The van der Waals surface area contributed by atoms with E-state index in [4.69, 9.17) is 15.9 Å². The van der Waals surface area contributed by atoms with Gasteiger partial charge in [0.1, 0.15) is 29.1 Å². The number of hydrogen-bond donors (Lipinski definition) is 6. The average Bonchev–Trinajstić information content (AvgIpc) is 3.29. The van der Waals surface area contributed by atoms with Crippen molar-refractivity contribution in [3.8, 4) is 17.2 Å². The first-order valence-electron chi connectivity index (χ1n) is 10.1. The van der Waals surface area contributed by atoms with Gasteiger partial charge in [-0.1, -0.05) is 0 Å². The van der Waals surface area contributed by atoms with Crippen LogP contribution in [0.1, 0.15) is 17.5 Å². The summed E-state index contributed by atoms with van der Waals surface area (Å²) in [6.07, 6.45) is 2.83. The maximum Gasteiger partial charge on any atom is 0.255 e. The number of carbonyl (C=O) groups is 3. The highest BCUT2D eigenvalue weighted by molar-refractivity contribution is 6.24. The van der Waals surface area contributed by atoms with Crippen LogP contribution < -0.4 is 11.5 Å². The number of fused-ring (bicyclic) bond motifs is 3. The highest BCUT2D eigenvalue weighted by Crippen LogP contribution is 2.52. The molecule has 1 fully saturated rings. The zero-order chi connectivity index (χ0) is 23.8. The standard InChI is InChI=1S/C22H19N3O8/c23-15-10-6-7-5-9-8(21-25-3-4-33-21)1-2-11(26)13(9)16(27)12(7)18(29)22(10,32)19(30)14(17(15)28)20(24)31/h1-4,7,10,15,26-27,30,32H,5-6,23H2,(H2,24,31)/t7-,10?,15+,22-/m0/s1. The molecule has 1 aromatic carbocycles. The molecule has 1 saturated carbocycles. The van der Waals surface area contributed by atoms with Gasteiger partial charge in [-0.15, -0.1) is 0 Å². The first kappa shape index (κ1) is 20.9. The number of rotatable bonds is 2. The summed E-state index contributed by atoms with van der Waals surface area (Å²) in [6, 6.07) is 1.37. The van der Waals surface area contributed by atoms with Crippen molar-refractivity contribution >= 4 is 23.2 Å². The summed E-state index contributed by atoms with van der Waals surface area (Å²) in [7, 11) is 0. The quantitative estimate of drug-likeness (QED) is 0.335. The van der Waals surface area contributed by atoms with Gasteiger partial charge >= 0.3 is 0 Å². The monoisotopic (exact) mass is 453 g/mol. The number of Topliss-reactive ketones (excluding diaryl/α,β-unsaturated/α-hetero) is 2. The van der Waals surface area contributed by atoms with E-state index in [9.17, 15) is 34.8 Å². The van der Waals surface area contributed by atoms with Gasteiger partial charge in [0.25, 0.3) is 5.91 Å². The third-order valence-electron chi connectivity index (χ3n) is 6.80. The van der Waals surface area contributed by atoms with Crippen molar-refractivity contribution in [3.05, 3.63) is 52.6 Å². The molecule has 2 aromatic rings. The molecular weight excluding hydrogens is 434 g/mol. The number of primary amides is 1. The number of oxazole rings is 1. The Kier molecular flexibility index (Phi) is 4.29. The number of aliphatic hydroxyl groups is 3. The molecule has 11 heteroatoms. The number of benzene rings is 1. The molecule has 33 heavy (non-hydrogen) atoms. The van der Waals surface area contributed by atoms with Gasteiger partial charge in [0.05, 0.1) is 17.8 Å². The van der Waals surface area contributed by atoms with Crippen LogP contribution in [0.3, 0.4) is 0 Å². The maximum atomic E-state index is 13.5. The Hall–Kier alpha value is -3.96. The summed E-state index contributed by atoms with van der Waals surface area (Å²) in [6.45, 7) is 0. The van der Waals surface area contributed by atoms with Crippen LogP contribution in [0.15, 0.2) is 45.9 Å². The van der Waals surface area contributed by atoms with E-state index in [-0.39, 0.29) is 35.6 Å². The predicted octanol–water partition coefficient (Wildman–Crippen LogP) is 0.0161. The lowest BCUT2D eigenvalue weighted by Gasteiger charge is -2.48. The summed E-state index contributed by atoms with van der Waals surface area (Å²) in [5.41, 5.74) is 8.14. The molecule has 3 aliphatic carbocycles. The van der Waals surface area contributed by atoms with E-state index in [2.05, 4.69) is 4.98 Å². The van der Waals surface area contributed by atoms with E-state index in [0.29, 0.717) is 11.1 Å². The van der Waals surface area contributed by atoms with Crippen LogP contribution in [0.25, 0.3) is 17.2 Å². The number of amides is 1. The zero-order valence-electron chi connectivity index (χ0n) is 17.0. The largest absolute Gasteiger partial charge is 0.508 e. The number of phenolic OH excluding ortho intramolecular Hbond substituents is 1. The minimum Gasteiger partial charge on any atom is -0.508 e. The third kappa shape index (κ3) is 2.57. The van der Waals surface area contributed by atoms with Crippen molar-refractivity contribution in [1.29, 1.82) is 0 Å². The molecule has 1 aromatic heterocycles. The van der Waals surface area contributed by atoms with Crippen molar-refractivity contribution in [2.24, 2.45) is 23.3 Å². The highest BCUT2D eigenvalue weighted by atomic mass is 16.4. The Morgan fingerprint density at radius 3 is 2.58 bits per heavy atom. The minimum absolute atomic E-state index is 0.0397. The van der Waals surface area contributed by atoms with Gasteiger partial charge in [0.2, 0.25) is 11.7 Å². The normalized spacial score (nSPS) is 29.0. The molecule has 11 nitrogen and oxygen atoms in total. The number of aromatic hydroxyl groups is 1. The zero-order valence-corrected chi connectivity index (χ0v) is 17.0. The lowest BCUT2D eigenvalue weighted by atomic mass is 9.57. The molecule has 3 aliphatic rings. The molecule has 1 heterocycles. The molecule has 0 aliphatic heterocycles. The molecule has 170 valence electrons. The molecule has 5 rings (SSSR count). The van der Waals surface area contributed by atoms with Gasteiger partial charge in [-0.3, -0.25) is 14.4 Å². The second-order valence-corrected chi connectivity index (χ2v) is 8.40. The van der Waals surface area contributed by atoms with E-state index in [1.54, 1.807) is 6.07 Å². The molecule has 1 amide bonds. The number of phenols is 1. The average molecular weight is 453 g/mol. The van der Waals surface area contributed by atoms with Crippen LogP contribution >= 0.6 is 0 Å². The molecular formula is C22H19N3O8. The number of aliphatic hydroxyl groups excluding tert-OH is 2. The van der Waals surface area contributed by atoms with Gasteiger partial charge in [-0.25, -0.2) is 4.98 Å². The number of nitrogens with zero attached hydrogens (tertiary/aromatic N) is 1. The second-order valence-electron chi connectivity index (χ2n) is 8.40. The first-order valence-corrected chi connectivity index (χ1v) is 10.1. The van der Waals surface area contributed by atoms with Crippen LogP contribution in [0, 0.1) is 11.8 Å². The molecule has 0 saturated heterocycles. The van der Waals surface area contributed by atoms with Crippen LogP contribution in [0.2, 0.25) is 0 Å². The summed E-state index contributed by atoms with van der Waals surface area (Å²) in [5.74, 6) is -7.28. The molecule has 8 N–H and O–H groups in total. The van der Waals surface area contributed by atoms with Crippen molar-refractivity contribution < 1.29 is 39.2 Å². The van der Waals surface area contributed by atoms with Crippen LogP contribution in [0.5, 0.6) is 5.75 Å². The topological polar surface area (TPSA) is 210 Å². The van der Waals surface area contributed by atoms with Crippen LogP contribution in [0.4, 0.5) is 0 Å². The number of carbonyl (C=O) groups excluding carboxylic acids is 3. The SMILES string of the molecule is NC(=O)C1=C(O)[C@@]2(O)C(=O)C3=C(O)c4c(O)ccc(-c5ncco5)c4C[C@H]3CC2[C@@H](N)C1=O. The van der Waals surface area contributed by atoms with Gasteiger partial charge in [-0.2, -0.15) is 0 Å². The van der Waals surface area contributed by atoms with Crippen molar-refractivity contribution in [3.63, 3.8) is 0 Å². The molecule has 0 radical (unpaired) electrons. The number of hydrogen-bond acceptors (Lipinski definition) is 10. The smallest absolute Gasteiger partial charge is 0.255 e. The fraction of sp³-hybridized carbons (Fsp3) is 0.273. The molecule has 1 unspecified atom stereocenters. The van der Waals surface area contributed by atoms with Gasteiger partial charge < -0.3 is 36.3 Å². The number of nitrogens with two attached hydrogens (primary N) is 2. The van der Waals surface area contributed by atoms with Gasteiger partial charge in [-0.05, 0) is 36.5 Å². The molecule has 0 bridgehead atoms. The number of ketones is 2. The third-order valence-corrected chi connectivity index (χ3v) is 6.80. The first-order chi connectivity index (χ1) is 15.6. The van der Waals surface area contributed by atoms with E-state index < -0.39 is 58.0 Å². The predicted molar refractivity (Wildman–Crippen MR) is 110 cm³/mol. The van der Waals surface area contributed by atoms with Crippen molar-refractivity contribution in [1.82, 2.24) is 4.98 Å². The maximum absolute atomic E-state index is 13.5. The Balaban J connectivity index is 1.74. The van der Waals surface area contributed by atoms with E-state index >= 15 is 0 Å². The number of aromatic nitrogens is 1.